The topological polar surface area (TPSA) is 30.2 Å². The average Bonchev–Trinajstić information content (AvgIpc) is 2.72. The van der Waals surface area contributed by atoms with Crippen molar-refractivity contribution in [1.82, 2.24) is 9.66 Å². The quantitative estimate of drug-likeness (QED) is 0.743. The van der Waals surface area contributed by atoms with Crippen molar-refractivity contribution in [3.05, 3.63) is 48.2 Å². The molecule has 0 amide bonds. The number of nitrogens with zero attached hydrogens (tertiary/aromatic N) is 3. The van der Waals surface area contributed by atoms with Crippen LogP contribution >= 0.6 is 0 Å². The zero-order valence-corrected chi connectivity index (χ0v) is 9.47. The van der Waals surface area contributed by atoms with Gasteiger partial charge in [-0.1, -0.05) is 18.2 Å². The molecule has 2 rings (SSSR count). The van der Waals surface area contributed by atoms with Crippen LogP contribution in [-0.4, -0.2) is 16.4 Å². The smallest absolute Gasteiger partial charge is 0.153 e. The van der Waals surface area contributed by atoms with E-state index in [1.807, 2.05) is 19.1 Å². The van der Waals surface area contributed by atoms with Crippen LogP contribution in [-0.2, 0) is 0 Å². The van der Waals surface area contributed by atoms with Gasteiger partial charge in [0.2, 0.25) is 0 Å². The summed E-state index contributed by atoms with van der Waals surface area (Å²) in [4.78, 5) is 4.20. The molecule has 17 heavy (non-hydrogen) atoms. The summed E-state index contributed by atoms with van der Waals surface area (Å²) in [7, 11) is 0. The van der Waals surface area contributed by atoms with Gasteiger partial charge >= 0.3 is 0 Å². The van der Waals surface area contributed by atoms with Crippen molar-refractivity contribution in [3.8, 4) is 11.3 Å². The zero-order chi connectivity index (χ0) is 12.3. The van der Waals surface area contributed by atoms with Crippen molar-refractivity contribution in [3.63, 3.8) is 0 Å². The van der Waals surface area contributed by atoms with Crippen molar-refractivity contribution >= 4 is 12.8 Å². The van der Waals surface area contributed by atoms with Gasteiger partial charge < -0.3 is 0 Å². The van der Waals surface area contributed by atoms with Crippen LogP contribution in [0.25, 0.3) is 17.3 Å². The van der Waals surface area contributed by atoms with Gasteiger partial charge in [0, 0.05) is 12.3 Å². The van der Waals surface area contributed by atoms with E-state index < -0.39 is 0 Å². The molecular weight excluding hydrogens is 217 g/mol. The van der Waals surface area contributed by atoms with Crippen LogP contribution in [0.5, 0.6) is 0 Å². The number of benzene rings is 1. The summed E-state index contributed by atoms with van der Waals surface area (Å²) in [6.45, 7) is 5.39. The maximum absolute atomic E-state index is 13.2. The van der Waals surface area contributed by atoms with Crippen LogP contribution < -0.4 is 0 Å². The summed E-state index contributed by atoms with van der Waals surface area (Å²) in [6.07, 6.45) is 5.33. The Morgan fingerprint density at radius 1 is 1.47 bits per heavy atom. The van der Waals surface area contributed by atoms with Gasteiger partial charge in [-0.15, -0.1) is 0 Å². The molecule has 1 heterocycles. The second-order valence-electron chi connectivity index (χ2n) is 3.47. The van der Waals surface area contributed by atoms with Gasteiger partial charge in [-0.3, -0.25) is 0 Å². The Morgan fingerprint density at radius 3 is 2.94 bits per heavy atom. The minimum absolute atomic E-state index is 0.285. The molecule has 2 aromatic rings. The summed E-state index contributed by atoms with van der Waals surface area (Å²) in [5.74, 6) is 0.383. The summed E-state index contributed by atoms with van der Waals surface area (Å²) < 4.78 is 14.7. The number of hydrogen-bond donors (Lipinski definition) is 0. The monoisotopic (exact) mass is 229 g/mol. The molecule has 0 unspecified atom stereocenters. The third-order valence-electron chi connectivity index (χ3n) is 2.34. The summed E-state index contributed by atoms with van der Waals surface area (Å²) in [5.41, 5.74) is 1.44. The van der Waals surface area contributed by atoms with E-state index >= 15 is 0 Å². The molecule has 0 saturated heterocycles. The molecule has 0 aliphatic rings. The number of rotatable bonds is 3. The number of allylic oxidation sites excluding steroid dienone is 1. The fraction of sp³-hybridized carbons (Fsp3) is 0.0769. The number of hydrogen-bond acceptors (Lipinski definition) is 2. The Bertz CT molecular complexity index is 570. The first kappa shape index (κ1) is 11.3. The molecule has 0 saturated carbocycles. The molecular formula is C13H12FN3. The molecule has 0 fully saturated rings. The Labute approximate surface area is 98.9 Å². The molecule has 0 N–H and O–H groups in total. The maximum Gasteiger partial charge on any atom is 0.153 e. The SMILES string of the molecule is C=Nn1c(-c2cccc(F)c2)cnc1C=CC. The third kappa shape index (κ3) is 2.15. The predicted molar refractivity (Wildman–Crippen MR) is 67.3 cm³/mol. The van der Waals surface area contributed by atoms with Gasteiger partial charge in [0.25, 0.3) is 0 Å². The Morgan fingerprint density at radius 2 is 2.29 bits per heavy atom. The highest BCUT2D eigenvalue weighted by molar-refractivity contribution is 5.61. The normalized spacial score (nSPS) is 10.9. The molecule has 86 valence electrons. The van der Waals surface area contributed by atoms with Crippen LogP contribution in [0.1, 0.15) is 12.7 Å². The van der Waals surface area contributed by atoms with Crippen molar-refractivity contribution in [1.29, 1.82) is 0 Å². The first-order chi connectivity index (χ1) is 8.26. The first-order valence-electron chi connectivity index (χ1n) is 5.19. The maximum atomic E-state index is 13.2. The second kappa shape index (κ2) is 4.74. The highest BCUT2D eigenvalue weighted by Crippen LogP contribution is 2.22. The molecule has 3 nitrogen and oxygen atoms in total. The molecule has 0 radical (unpaired) electrons. The van der Waals surface area contributed by atoms with E-state index in [4.69, 9.17) is 0 Å². The fourth-order valence-corrected chi connectivity index (χ4v) is 1.62. The molecule has 1 aromatic carbocycles. The van der Waals surface area contributed by atoms with Crippen molar-refractivity contribution in [2.75, 3.05) is 0 Å². The van der Waals surface area contributed by atoms with Crippen LogP contribution in [0, 0.1) is 5.82 Å². The van der Waals surface area contributed by atoms with Crippen LogP contribution in [0.3, 0.4) is 0 Å². The van der Waals surface area contributed by atoms with Crippen molar-refractivity contribution in [2.45, 2.75) is 6.92 Å². The average molecular weight is 229 g/mol. The van der Waals surface area contributed by atoms with Gasteiger partial charge in [0.1, 0.15) is 5.82 Å². The van der Waals surface area contributed by atoms with E-state index in [9.17, 15) is 4.39 Å². The van der Waals surface area contributed by atoms with Crippen LogP contribution in [0.2, 0.25) is 0 Å². The van der Waals surface area contributed by atoms with Gasteiger partial charge in [-0.2, -0.15) is 5.10 Å². The van der Waals surface area contributed by atoms with E-state index in [-0.39, 0.29) is 5.82 Å². The minimum Gasteiger partial charge on any atom is -0.235 e. The fourth-order valence-electron chi connectivity index (χ4n) is 1.62. The lowest BCUT2D eigenvalue weighted by atomic mass is 10.2. The second-order valence-corrected chi connectivity index (χ2v) is 3.47. The van der Waals surface area contributed by atoms with E-state index in [0.29, 0.717) is 11.5 Å². The zero-order valence-electron chi connectivity index (χ0n) is 9.47. The largest absolute Gasteiger partial charge is 0.235 e. The molecule has 0 bridgehead atoms. The Hall–Kier alpha value is -2.23. The Balaban J connectivity index is 2.56. The third-order valence-corrected chi connectivity index (χ3v) is 2.34. The highest BCUT2D eigenvalue weighted by Gasteiger charge is 2.09. The number of imidazole rings is 1. The molecule has 0 atom stereocenters. The van der Waals surface area contributed by atoms with Crippen molar-refractivity contribution in [2.24, 2.45) is 5.10 Å². The highest BCUT2D eigenvalue weighted by atomic mass is 19.1. The van der Waals surface area contributed by atoms with E-state index in [1.54, 1.807) is 23.0 Å². The van der Waals surface area contributed by atoms with Gasteiger partial charge in [0.05, 0.1) is 11.9 Å². The predicted octanol–water partition coefficient (Wildman–Crippen LogP) is 3.19. The molecule has 0 aliphatic carbocycles. The number of halogens is 1. The van der Waals surface area contributed by atoms with Gasteiger partial charge in [-0.05, 0) is 25.1 Å². The molecule has 4 heteroatoms. The van der Waals surface area contributed by atoms with Gasteiger partial charge in [0.15, 0.2) is 5.82 Å². The summed E-state index contributed by atoms with van der Waals surface area (Å²) in [6, 6.07) is 6.30. The first-order valence-corrected chi connectivity index (χ1v) is 5.19. The molecule has 0 aliphatic heterocycles. The summed E-state index contributed by atoms with van der Waals surface area (Å²) in [5, 5.41) is 3.89. The van der Waals surface area contributed by atoms with E-state index in [2.05, 4.69) is 16.8 Å². The Kier molecular flexibility index (Phi) is 3.14. The lowest BCUT2D eigenvalue weighted by Crippen LogP contribution is -1.94. The van der Waals surface area contributed by atoms with Crippen LogP contribution in [0.15, 0.2) is 41.6 Å². The molecule has 0 spiro atoms. The minimum atomic E-state index is -0.285. The van der Waals surface area contributed by atoms with Crippen LogP contribution in [0.4, 0.5) is 4.39 Å². The van der Waals surface area contributed by atoms with Crippen molar-refractivity contribution < 1.29 is 4.39 Å². The van der Waals surface area contributed by atoms with E-state index in [0.717, 1.165) is 5.56 Å². The summed E-state index contributed by atoms with van der Waals surface area (Å²) >= 11 is 0. The molecule has 1 aromatic heterocycles. The van der Waals surface area contributed by atoms with E-state index in [1.165, 1.54) is 12.1 Å². The number of aromatic nitrogens is 2. The lowest BCUT2D eigenvalue weighted by molar-refractivity contribution is 0.628. The van der Waals surface area contributed by atoms with Gasteiger partial charge in [-0.25, -0.2) is 14.1 Å². The standard InChI is InChI=1S/C13H12FN3/c1-3-5-13-16-9-12(17(13)15-2)10-6-4-7-11(14)8-10/h3-9H,2H2,1H3. The lowest BCUT2D eigenvalue weighted by Gasteiger charge is -2.03.